The smallest absolute Gasteiger partial charge is 0.744 e. The van der Waals surface area contributed by atoms with Crippen molar-refractivity contribution in [3.8, 4) is 5.75 Å². The van der Waals surface area contributed by atoms with E-state index in [1.54, 1.807) is 0 Å². The molecule has 0 radical (unpaired) electrons. The zero-order chi connectivity index (χ0) is 17.5. The molecule has 0 aliphatic carbocycles. The Hall–Kier alpha value is -0.700. The Morgan fingerprint density at radius 2 is 2.00 bits per heavy atom. The molecule has 1 heterocycles. The summed E-state index contributed by atoms with van der Waals surface area (Å²) in [4.78, 5) is 0.714. The Morgan fingerprint density at radius 3 is 2.60 bits per heavy atom. The van der Waals surface area contributed by atoms with E-state index in [4.69, 9.17) is 0 Å². The molecule has 25 heavy (non-hydrogen) atoms. The SMILES string of the molecule is CCC(C)c1cc(S(=O)(=O)[O-])cc(C2Nc3ccccc3S2)c1O.[Na+]. The van der Waals surface area contributed by atoms with Gasteiger partial charge in [0.05, 0.1) is 4.90 Å². The normalized spacial score (nSPS) is 17.3. The second-order valence-electron chi connectivity index (χ2n) is 5.85. The molecule has 1 aliphatic rings. The predicted octanol–water partition coefficient (Wildman–Crippen LogP) is 1.03. The quantitative estimate of drug-likeness (QED) is 0.602. The molecular weight excluding hydrogens is 369 g/mol. The predicted molar refractivity (Wildman–Crippen MR) is 93.4 cm³/mol. The largest absolute Gasteiger partial charge is 1.00 e. The van der Waals surface area contributed by atoms with Crippen LogP contribution in [0.5, 0.6) is 5.75 Å². The summed E-state index contributed by atoms with van der Waals surface area (Å²) >= 11 is 1.48. The average molecular weight is 387 g/mol. The van der Waals surface area contributed by atoms with E-state index >= 15 is 0 Å². The molecule has 0 spiro atoms. The number of thioether (sulfide) groups is 1. The fourth-order valence-corrected chi connectivity index (χ4v) is 4.42. The van der Waals surface area contributed by atoms with Gasteiger partial charge in [-0.1, -0.05) is 37.7 Å². The van der Waals surface area contributed by atoms with Crippen LogP contribution in [-0.4, -0.2) is 18.1 Å². The molecule has 2 unspecified atom stereocenters. The molecule has 0 saturated heterocycles. The van der Waals surface area contributed by atoms with Gasteiger partial charge in [-0.2, -0.15) is 0 Å². The fourth-order valence-electron chi connectivity index (χ4n) is 2.72. The number of benzene rings is 2. The van der Waals surface area contributed by atoms with Crippen molar-refractivity contribution in [1.82, 2.24) is 0 Å². The molecular formula is C17H18NNaO4S2. The van der Waals surface area contributed by atoms with Gasteiger partial charge in [0, 0.05) is 16.1 Å². The van der Waals surface area contributed by atoms with Gasteiger partial charge in [-0.25, -0.2) is 8.42 Å². The molecule has 128 valence electrons. The number of nitrogens with one attached hydrogen (secondary N) is 1. The van der Waals surface area contributed by atoms with Crippen molar-refractivity contribution in [3.05, 3.63) is 47.5 Å². The molecule has 0 amide bonds. The molecule has 5 nitrogen and oxygen atoms in total. The maximum Gasteiger partial charge on any atom is 1.00 e. The number of aromatic hydroxyl groups is 1. The van der Waals surface area contributed by atoms with Gasteiger partial charge in [0.25, 0.3) is 0 Å². The first-order valence-electron chi connectivity index (χ1n) is 7.66. The van der Waals surface area contributed by atoms with E-state index in [0.717, 1.165) is 17.0 Å². The van der Waals surface area contributed by atoms with Gasteiger partial charge in [-0.3, -0.25) is 0 Å². The first-order chi connectivity index (χ1) is 11.3. The van der Waals surface area contributed by atoms with Crippen molar-refractivity contribution in [3.63, 3.8) is 0 Å². The van der Waals surface area contributed by atoms with Crippen LogP contribution in [0.3, 0.4) is 0 Å². The van der Waals surface area contributed by atoms with Crippen molar-refractivity contribution in [1.29, 1.82) is 0 Å². The Balaban J connectivity index is 0.00000225. The van der Waals surface area contributed by atoms with Crippen LogP contribution in [0.2, 0.25) is 0 Å². The minimum Gasteiger partial charge on any atom is -0.744 e. The van der Waals surface area contributed by atoms with E-state index in [0.29, 0.717) is 11.1 Å². The summed E-state index contributed by atoms with van der Waals surface area (Å²) < 4.78 is 34.6. The zero-order valence-corrected chi connectivity index (χ0v) is 17.9. The summed E-state index contributed by atoms with van der Waals surface area (Å²) in [6, 6.07) is 10.3. The van der Waals surface area contributed by atoms with Crippen molar-refractivity contribution >= 4 is 27.6 Å². The molecule has 2 atom stereocenters. The van der Waals surface area contributed by atoms with Crippen LogP contribution in [0.25, 0.3) is 0 Å². The minimum atomic E-state index is -4.60. The van der Waals surface area contributed by atoms with Gasteiger partial charge in [-0.15, -0.1) is 0 Å². The third-order valence-corrected chi connectivity index (χ3v) is 6.31. The van der Waals surface area contributed by atoms with E-state index in [-0.39, 0.29) is 51.5 Å². The second kappa shape index (κ2) is 7.90. The van der Waals surface area contributed by atoms with Gasteiger partial charge in [0.2, 0.25) is 0 Å². The maximum absolute atomic E-state index is 11.5. The summed E-state index contributed by atoms with van der Waals surface area (Å²) in [6.45, 7) is 3.84. The molecule has 2 aromatic rings. The summed E-state index contributed by atoms with van der Waals surface area (Å²) in [6.07, 6.45) is 0.723. The van der Waals surface area contributed by atoms with E-state index in [9.17, 15) is 18.1 Å². The molecule has 0 bridgehead atoms. The van der Waals surface area contributed by atoms with Crippen LogP contribution in [0.15, 0.2) is 46.2 Å². The first kappa shape index (κ1) is 20.6. The van der Waals surface area contributed by atoms with Crippen LogP contribution in [0.4, 0.5) is 5.69 Å². The van der Waals surface area contributed by atoms with Crippen LogP contribution in [0, 0.1) is 0 Å². The van der Waals surface area contributed by atoms with Crippen molar-refractivity contribution in [2.75, 3.05) is 5.32 Å². The van der Waals surface area contributed by atoms with E-state index in [1.807, 2.05) is 38.1 Å². The van der Waals surface area contributed by atoms with Gasteiger partial charge in [-0.05, 0) is 42.2 Å². The molecule has 2 N–H and O–H groups in total. The number of para-hydroxylation sites is 1. The molecule has 8 heteroatoms. The Kier molecular flexibility index (Phi) is 6.51. The maximum atomic E-state index is 11.5. The third-order valence-electron chi connectivity index (χ3n) is 4.28. The third kappa shape index (κ3) is 4.18. The van der Waals surface area contributed by atoms with Crippen molar-refractivity contribution < 1.29 is 47.6 Å². The molecule has 3 rings (SSSR count). The topological polar surface area (TPSA) is 89.5 Å². The summed E-state index contributed by atoms with van der Waals surface area (Å²) in [5.41, 5.74) is 1.83. The van der Waals surface area contributed by atoms with Gasteiger partial charge in [0.1, 0.15) is 21.2 Å². The van der Waals surface area contributed by atoms with Crippen LogP contribution in [0.1, 0.15) is 42.7 Å². The number of hydrogen-bond acceptors (Lipinski definition) is 6. The van der Waals surface area contributed by atoms with Crippen LogP contribution < -0.4 is 34.9 Å². The Morgan fingerprint density at radius 1 is 1.32 bits per heavy atom. The number of rotatable bonds is 4. The summed E-state index contributed by atoms with van der Waals surface area (Å²) in [5, 5.41) is 13.6. The molecule has 0 aromatic heterocycles. The van der Waals surface area contributed by atoms with Crippen LogP contribution >= 0.6 is 11.8 Å². The van der Waals surface area contributed by atoms with E-state index in [1.165, 1.54) is 23.9 Å². The van der Waals surface area contributed by atoms with E-state index in [2.05, 4.69) is 5.32 Å². The summed E-state index contributed by atoms with van der Waals surface area (Å²) in [5.74, 6) is -0.00576. The molecule has 0 fully saturated rings. The van der Waals surface area contributed by atoms with Crippen LogP contribution in [-0.2, 0) is 10.1 Å². The Bertz CT molecular complexity index is 861. The zero-order valence-electron chi connectivity index (χ0n) is 14.3. The van der Waals surface area contributed by atoms with Gasteiger partial charge in [0.15, 0.2) is 0 Å². The van der Waals surface area contributed by atoms with Gasteiger partial charge >= 0.3 is 29.6 Å². The van der Waals surface area contributed by atoms with Crippen molar-refractivity contribution in [2.24, 2.45) is 0 Å². The number of phenolic OH excluding ortho intramolecular Hbond substituents is 1. The summed E-state index contributed by atoms with van der Waals surface area (Å²) in [7, 11) is -4.60. The van der Waals surface area contributed by atoms with Crippen molar-refractivity contribution in [2.45, 2.75) is 41.4 Å². The molecule has 2 aromatic carbocycles. The number of phenols is 1. The molecule has 1 aliphatic heterocycles. The Labute approximate surface area is 174 Å². The first-order valence-corrected chi connectivity index (χ1v) is 9.95. The minimum absolute atomic E-state index is 0. The second-order valence-corrected chi connectivity index (χ2v) is 8.38. The molecule has 0 saturated carbocycles. The number of anilines is 1. The monoisotopic (exact) mass is 387 g/mol. The fraction of sp³-hybridized carbons (Fsp3) is 0.294. The number of fused-ring (bicyclic) bond motifs is 1. The number of hydrogen-bond donors (Lipinski definition) is 2. The van der Waals surface area contributed by atoms with E-state index < -0.39 is 10.1 Å². The average Bonchev–Trinajstić information content (AvgIpc) is 2.97. The standard InChI is InChI=1S/C17H19NO4S2.Na/c1-3-10(2)12-8-11(24(20,21)22)9-13(16(12)19)17-18-14-6-4-5-7-15(14)23-17;/h4-10,17-19H,3H2,1-2H3,(H,20,21,22);/q;+1/p-1. The van der Waals surface area contributed by atoms with Gasteiger partial charge < -0.3 is 15.0 Å².